The van der Waals surface area contributed by atoms with Gasteiger partial charge in [-0.3, -0.25) is 4.79 Å². The Kier molecular flexibility index (Phi) is 5.59. The first kappa shape index (κ1) is 23.4. The van der Waals surface area contributed by atoms with E-state index in [1.54, 1.807) is 10.6 Å². The Morgan fingerprint density at radius 3 is 2.57 bits per heavy atom. The molecule has 0 unspecified atom stereocenters. The topological polar surface area (TPSA) is 109 Å². The van der Waals surface area contributed by atoms with Crippen LogP contribution in [0.4, 0.5) is 15.8 Å². The van der Waals surface area contributed by atoms with E-state index >= 15 is 4.39 Å². The van der Waals surface area contributed by atoms with Gasteiger partial charge in [-0.15, -0.1) is 0 Å². The van der Waals surface area contributed by atoms with Crippen molar-refractivity contribution in [2.75, 3.05) is 11.1 Å². The number of anilines is 2. The summed E-state index contributed by atoms with van der Waals surface area (Å²) in [6, 6.07) is 12.7. The van der Waals surface area contributed by atoms with Gasteiger partial charge >= 0.3 is 5.97 Å². The number of nitrogens with zero attached hydrogens (tertiary/aromatic N) is 1. The van der Waals surface area contributed by atoms with E-state index in [2.05, 4.69) is 41.8 Å². The minimum atomic E-state index is -1.36. The smallest absolute Gasteiger partial charge is 0.341 e. The monoisotopic (exact) mass is 478 g/mol. The number of nitrogens with two attached hydrogens (primary N) is 1. The van der Waals surface area contributed by atoms with Crippen molar-refractivity contribution in [3.05, 3.63) is 69.8 Å². The van der Waals surface area contributed by atoms with E-state index in [0.717, 1.165) is 19.3 Å². The maximum atomic E-state index is 15.3. The molecule has 1 heterocycles. The van der Waals surface area contributed by atoms with Gasteiger partial charge in [-0.1, -0.05) is 30.3 Å². The quantitative estimate of drug-likeness (QED) is 0.373. The van der Waals surface area contributed by atoms with Crippen molar-refractivity contribution < 1.29 is 14.3 Å². The minimum Gasteiger partial charge on any atom is -0.477 e. The highest BCUT2D eigenvalue weighted by atomic mass is 19.1. The molecule has 0 aliphatic heterocycles. The number of hydrogen-bond acceptors (Lipinski definition) is 5. The Hall–Kier alpha value is -3.39. The highest BCUT2D eigenvalue weighted by Gasteiger charge is 2.46. The van der Waals surface area contributed by atoms with Crippen molar-refractivity contribution in [2.24, 2.45) is 0 Å². The van der Waals surface area contributed by atoms with Crippen molar-refractivity contribution in [3.8, 4) is 0 Å². The fourth-order valence-corrected chi connectivity index (χ4v) is 5.50. The molecule has 5 N–H and O–H groups in total. The molecule has 7 nitrogen and oxygen atoms in total. The summed E-state index contributed by atoms with van der Waals surface area (Å²) in [7, 11) is 0. The Labute approximate surface area is 203 Å². The molecule has 0 saturated heterocycles. The predicted octanol–water partition coefficient (Wildman–Crippen LogP) is 4.48. The number of pyridine rings is 1. The zero-order valence-electron chi connectivity index (χ0n) is 20.1. The van der Waals surface area contributed by atoms with Crippen molar-refractivity contribution in [3.63, 3.8) is 0 Å². The van der Waals surface area contributed by atoms with Gasteiger partial charge in [0.05, 0.1) is 22.3 Å². The minimum absolute atomic E-state index is 0.0966. The number of carboxylic acids is 1. The predicted molar refractivity (Wildman–Crippen MR) is 136 cm³/mol. The van der Waals surface area contributed by atoms with E-state index in [1.165, 1.54) is 11.8 Å². The van der Waals surface area contributed by atoms with Gasteiger partial charge in [0.25, 0.3) is 0 Å². The number of halogens is 1. The van der Waals surface area contributed by atoms with Gasteiger partial charge in [0, 0.05) is 35.8 Å². The molecule has 2 fully saturated rings. The molecule has 35 heavy (non-hydrogen) atoms. The molecule has 0 amide bonds. The maximum Gasteiger partial charge on any atom is 0.341 e. The third-order valence-corrected chi connectivity index (χ3v) is 7.38. The zero-order chi connectivity index (χ0) is 25.1. The van der Waals surface area contributed by atoms with E-state index in [-0.39, 0.29) is 28.3 Å². The van der Waals surface area contributed by atoms with Crippen LogP contribution in [0.1, 0.15) is 67.9 Å². The number of benzene rings is 2. The highest BCUT2D eigenvalue weighted by molar-refractivity contribution is 5.99. The van der Waals surface area contributed by atoms with Crippen LogP contribution < -0.4 is 21.8 Å². The van der Waals surface area contributed by atoms with Gasteiger partial charge in [0.2, 0.25) is 5.43 Å². The first-order valence-electron chi connectivity index (χ1n) is 12.1. The van der Waals surface area contributed by atoms with Crippen LogP contribution in [0.3, 0.4) is 0 Å². The van der Waals surface area contributed by atoms with E-state index in [4.69, 9.17) is 5.73 Å². The Bertz CT molecular complexity index is 1360. The van der Waals surface area contributed by atoms with Crippen molar-refractivity contribution in [1.29, 1.82) is 0 Å². The molecular weight excluding hydrogens is 447 g/mol. The van der Waals surface area contributed by atoms with Crippen LogP contribution in [0, 0.1) is 5.82 Å². The number of aromatic nitrogens is 1. The van der Waals surface area contributed by atoms with E-state index in [0.29, 0.717) is 23.5 Å². The third kappa shape index (κ3) is 4.16. The number of aromatic carboxylic acids is 1. The summed E-state index contributed by atoms with van der Waals surface area (Å²) in [5.74, 6) is -1.53. The van der Waals surface area contributed by atoms with Gasteiger partial charge in [0.15, 0.2) is 5.82 Å². The average molecular weight is 479 g/mol. The van der Waals surface area contributed by atoms with Crippen LogP contribution in [-0.2, 0) is 0 Å². The molecule has 2 atom stereocenters. The van der Waals surface area contributed by atoms with Crippen LogP contribution in [0.15, 0.2) is 47.4 Å². The number of carboxylic acid groups (broad SMARTS) is 1. The summed E-state index contributed by atoms with van der Waals surface area (Å²) in [4.78, 5) is 24.4. The summed E-state index contributed by atoms with van der Waals surface area (Å²) >= 11 is 0. The molecule has 0 spiro atoms. The normalized spacial score (nSPS) is 25.5. The molecule has 8 heteroatoms. The maximum absolute atomic E-state index is 15.3. The van der Waals surface area contributed by atoms with Crippen LogP contribution in [0.25, 0.3) is 10.9 Å². The number of fused-ring (bicyclic) bond motifs is 1. The van der Waals surface area contributed by atoms with Crippen LogP contribution >= 0.6 is 0 Å². The Balaban J connectivity index is 1.36. The van der Waals surface area contributed by atoms with E-state index < -0.39 is 22.8 Å². The number of nitrogen functional groups attached to an aromatic ring is 1. The Morgan fingerprint density at radius 1 is 1.26 bits per heavy atom. The van der Waals surface area contributed by atoms with Crippen LogP contribution in [0.5, 0.6) is 0 Å². The van der Waals surface area contributed by atoms with E-state index in [1.807, 2.05) is 19.9 Å². The lowest BCUT2D eigenvalue weighted by atomic mass is 9.73. The summed E-state index contributed by atoms with van der Waals surface area (Å²) in [6.07, 6.45) is 4.10. The van der Waals surface area contributed by atoms with Gasteiger partial charge in [-0.25, -0.2) is 9.18 Å². The molecular formula is C27H31FN4O3. The molecule has 1 aromatic heterocycles. The molecule has 2 saturated carbocycles. The lowest BCUT2D eigenvalue weighted by molar-refractivity contribution is 0.0694. The summed E-state index contributed by atoms with van der Waals surface area (Å²) in [5.41, 5.74) is 6.23. The molecule has 2 aliphatic carbocycles. The third-order valence-electron chi connectivity index (χ3n) is 7.38. The summed E-state index contributed by atoms with van der Waals surface area (Å²) < 4.78 is 17.0. The second-order valence-corrected chi connectivity index (χ2v) is 10.5. The van der Waals surface area contributed by atoms with Gasteiger partial charge in [-0.05, 0) is 51.7 Å². The second-order valence-electron chi connectivity index (χ2n) is 10.5. The van der Waals surface area contributed by atoms with E-state index in [9.17, 15) is 14.7 Å². The molecule has 5 rings (SSSR count). The van der Waals surface area contributed by atoms with Gasteiger partial charge in [-0.2, -0.15) is 0 Å². The molecule has 0 radical (unpaired) electrons. The number of carbonyl (C=O) groups is 1. The molecule has 2 aromatic carbocycles. The summed E-state index contributed by atoms with van der Waals surface area (Å²) in [6.45, 7) is 5.79. The van der Waals surface area contributed by atoms with Crippen molar-refractivity contribution in [1.82, 2.24) is 9.88 Å². The number of hydrogen-bond donors (Lipinski definition) is 4. The number of nitrogens with one attached hydrogen (secondary N) is 2. The molecule has 184 valence electrons. The van der Waals surface area contributed by atoms with Crippen molar-refractivity contribution in [2.45, 2.75) is 69.6 Å². The fourth-order valence-electron chi connectivity index (χ4n) is 5.50. The SMILES string of the molecule is CC(C)n1cc(C(=O)O)c(=O)c2c(N)c(F)c(NC3(C)CC(N[C@@H]4C[C@H]4c4ccccc4)C3)cc21. The largest absolute Gasteiger partial charge is 0.477 e. The first-order valence-corrected chi connectivity index (χ1v) is 12.1. The highest BCUT2D eigenvalue weighted by Crippen LogP contribution is 2.44. The fraction of sp³-hybridized carbons (Fsp3) is 0.407. The van der Waals surface area contributed by atoms with Gasteiger partial charge in [0.1, 0.15) is 5.56 Å². The molecule has 3 aromatic rings. The standard InChI is InChI=1S/C27H31FN4O3/c1-14(2)32-13-18(26(34)35)25(33)22-21(32)10-20(23(28)24(22)29)31-27(3)11-16(12-27)30-19-9-17(19)15-7-5-4-6-8-15/h4-8,10,13-14,16-17,19,30-31H,9,11-12,29H2,1-3H3,(H,34,35)/t16?,17-,19+,27?/m0/s1. The Morgan fingerprint density at radius 2 is 1.94 bits per heavy atom. The second kappa shape index (κ2) is 8.37. The average Bonchev–Trinajstić information content (AvgIpc) is 3.55. The zero-order valence-corrected chi connectivity index (χ0v) is 20.1. The summed E-state index contributed by atoms with van der Waals surface area (Å²) in [5, 5.41) is 16.4. The lowest BCUT2D eigenvalue weighted by Gasteiger charge is -2.47. The number of rotatable bonds is 7. The van der Waals surface area contributed by atoms with Crippen LogP contribution in [0.2, 0.25) is 0 Å². The lowest BCUT2D eigenvalue weighted by Crippen LogP contribution is -2.56. The van der Waals surface area contributed by atoms with Crippen LogP contribution in [-0.4, -0.2) is 33.3 Å². The molecule has 0 bridgehead atoms. The first-order chi connectivity index (χ1) is 16.6. The van der Waals surface area contributed by atoms with Crippen molar-refractivity contribution >= 4 is 28.2 Å². The molecule has 2 aliphatic rings. The van der Waals surface area contributed by atoms with Gasteiger partial charge < -0.3 is 26.0 Å².